The van der Waals surface area contributed by atoms with Gasteiger partial charge in [0.15, 0.2) is 0 Å². The molecule has 0 heterocycles. The lowest BCUT2D eigenvalue weighted by atomic mass is 9.86. The van der Waals surface area contributed by atoms with Crippen LogP contribution in [-0.4, -0.2) is 20.1 Å². The van der Waals surface area contributed by atoms with E-state index in [-0.39, 0.29) is 11.5 Å². The standard InChI is InChI=1S/C16H27NO3S/c1-11(2)15(12(3)4)9-17-21(19,20)16-8-6-7-14(10-18)13(16)5/h6-8,11-12,15,17-18H,9-10H2,1-5H3. The minimum Gasteiger partial charge on any atom is -0.392 e. The molecule has 4 nitrogen and oxygen atoms in total. The molecule has 0 fully saturated rings. The highest BCUT2D eigenvalue weighted by molar-refractivity contribution is 7.89. The molecule has 0 saturated carbocycles. The first kappa shape index (κ1) is 18.1. The molecule has 0 unspecified atom stereocenters. The number of hydrogen-bond acceptors (Lipinski definition) is 3. The zero-order chi connectivity index (χ0) is 16.2. The lowest BCUT2D eigenvalue weighted by Crippen LogP contribution is -2.34. The predicted octanol–water partition coefficient (Wildman–Crippen LogP) is 2.69. The maximum atomic E-state index is 12.5. The minimum absolute atomic E-state index is 0.157. The molecule has 0 spiro atoms. The molecule has 0 aliphatic rings. The normalized spacial score (nSPS) is 12.6. The van der Waals surface area contributed by atoms with Crippen molar-refractivity contribution >= 4 is 10.0 Å². The van der Waals surface area contributed by atoms with E-state index in [2.05, 4.69) is 32.4 Å². The molecule has 0 bridgehead atoms. The molecule has 1 aromatic rings. The summed E-state index contributed by atoms with van der Waals surface area (Å²) in [7, 11) is -3.55. The maximum Gasteiger partial charge on any atom is 0.240 e. The van der Waals surface area contributed by atoms with Crippen molar-refractivity contribution < 1.29 is 13.5 Å². The van der Waals surface area contributed by atoms with Gasteiger partial charge in [-0.3, -0.25) is 0 Å². The van der Waals surface area contributed by atoms with Gasteiger partial charge < -0.3 is 5.11 Å². The van der Waals surface area contributed by atoms with Crippen LogP contribution in [0.1, 0.15) is 38.8 Å². The van der Waals surface area contributed by atoms with Crippen LogP contribution in [0.15, 0.2) is 23.1 Å². The zero-order valence-electron chi connectivity index (χ0n) is 13.6. The third-order valence-electron chi connectivity index (χ3n) is 4.08. The van der Waals surface area contributed by atoms with Crippen molar-refractivity contribution in [3.8, 4) is 0 Å². The number of sulfonamides is 1. The fourth-order valence-corrected chi connectivity index (χ4v) is 4.01. The van der Waals surface area contributed by atoms with Gasteiger partial charge in [-0.05, 0) is 41.9 Å². The Morgan fingerprint density at radius 1 is 1.14 bits per heavy atom. The van der Waals surface area contributed by atoms with Gasteiger partial charge in [0, 0.05) is 6.54 Å². The van der Waals surface area contributed by atoms with Gasteiger partial charge >= 0.3 is 0 Å². The van der Waals surface area contributed by atoms with Gasteiger partial charge in [-0.1, -0.05) is 39.8 Å². The average molecular weight is 313 g/mol. The van der Waals surface area contributed by atoms with Crippen molar-refractivity contribution in [1.29, 1.82) is 0 Å². The second-order valence-corrected chi connectivity index (χ2v) is 7.94. The van der Waals surface area contributed by atoms with E-state index in [9.17, 15) is 13.5 Å². The monoisotopic (exact) mass is 313 g/mol. The zero-order valence-corrected chi connectivity index (χ0v) is 14.4. The fourth-order valence-electron chi connectivity index (χ4n) is 2.65. The molecular formula is C16H27NO3S. The molecule has 120 valence electrons. The van der Waals surface area contributed by atoms with E-state index in [1.807, 2.05) is 0 Å². The molecule has 0 aliphatic carbocycles. The number of aliphatic hydroxyl groups is 1. The third kappa shape index (κ3) is 4.53. The van der Waals surface area contributed by atoms with Crippen LogP contribution in [-0.2, 0) is 16.6 Å². The van der Waals surface area contributed by atoms with Crippen LogP contribution in [0, 0.1) is 24.7 Å². The first-order valence-corrected chi connectivity index (χ1v) is 8.88. The lowest BCUT2D eigenvalue weighted by molar-refractivity contribution is 0.280. The van der Waals surface area contributed by atoms with Gasteiger partial charge in [-0.25, -0.2) is 13.1 Å². The van der Waals surface area contributed by atoms with Crippen molar-refractivity contribution in [1.82, 2.24) is 4.72 Å². The summed E-state index contributed by atoms with van der Waals surface area (Å²) in [6.45, 7) is 10.4. The highest BCUT2D eigenvalue weighted by atomic mass is 32.2. The Bertz CT molecular complexity index is 557. The molecule has 5 heteroatoms. The Balaban J connectivity index is 2.97. The number of hydrogen-bond donors (Lipinski definition) is 2. The first-order valence-electron chi connectivity index (χ1n) is 7.39. The van der Waals surface area contributed by atoms with Crippen molar-refractivity contribution in [2.45, 2.75) is 46.1 Å². The summed E-state index contributed by atoms with van der Waals surface area (Å²) < 4.78 is 27.7. The smallest absolute Gasteiger partial charge is 0.240 e. The van der Waals surface area contributed by atoms with Crippen molar-refractivity contribution in [2.24, 2.45) is 17.8 Å². The number of rotatable bonds is 7. The van der Waals surface area contributed by atoms with E-state index in [1.165, 1.54) is 0 Å². The van der Waals surface area contributed by atoms with Crippen molar-refractivity contribution in [2.75, 3.05) is 6.54 Å². The highest BCUT2D eigenvalue weighted by Crippen LogP contribution is 2.22. The topological polar surface area (TPSA) is 66.4 Å². The summed E-state index contributed by atoms with van der Waals surface area (Å²) in [6, 6.07) is 4.98. The highest BCUT2D eigenvalue weighted by Gasteiger charge is 2.23. The van der Waals surface area contributed by atoms with Crippen molar-refractivity contribution in [3.63, 3.8) is 0 Å². The van der Waals surface area contributed by atoms with Gasteiger partial charge in [0.1, 0.15) is 0 Å². The summed E-state index contributed by atoms with van der Waals surface area (Å²) in [5, 5.41) is 9.26. The van der Waals surface area contributed by atoms with Gasteiger partial charge in [-0.2, -0.15) is 0 Å². The Kier molecular flexibility index (Phi) is 6.38. The van der Waals surface area contributed by atoms with E-state index in [0.29, 0.717) is 35.4 Å². The summed E-state index contributed by atoms with van der Waals surface area (Å²) in [4.78, 5) is 0.250. The molecule has 0 aromatic heterocycles. The van der Waals surface area contributed by atoms with E-state index >= 15 is 0 Å². The molecule has 0 atom stereocenters. The quantitative estimate of drug-likeness (QED) is 0.813. The Labute approximate surface area is 128 Å². The Hall–Kier alpha value is -0.910. The summed E-state index contributed by atoms with van der Waals surface area (Å²) in [5.74, 6) is 1.12. The number of benzene rings is 1. The van der Waals surface area contributed by atoms with E-state index < -0.39 is 10.0 Å². The number of aliphatic hydroxyl groups excluding tert-OH is 1. The van der Waals surface area contributed by atoms with Crippen LogP contribution >= 0.6 is 0 Å². The van der Waals surface area contributed by atoms with Gasteiger partial charge in [-0.15, -0.1) is 0 Å². The van der Waals surface area contributed by atoms with Gasteiger partial charge in [0.25, 0.3) is 0 Å². The molecule has 1 aromatic carbocycles. The van der Waals surface area contributed by atoms with Crippen LogP contribution in [0.25, 0.3) is 0 Å². The Morgan fingerprint density at radius 2 is 1.71 bits per heavy atom. The van der Waals surface area contributed by atoms with Crippen LogP contribution in [0.3, 0.4) is 0 Å². The van der Waals surface area contributed by atoms with Crippen LogP contribution in [0.4, 0.5) is 0 Å². The first-order chi connectivity index (χ1) is 9.70. The molecule has 0 saturated heterocycles. The molecule has 0 radical (unpaired) electrons. The summed E-state index contributed by atoms with van der Waals surface area (Å²) >= 11 is 0. The van der Waals surface area contributed by atoms with Gasteiger partial charge in [0.05, 0.1) is 11.5 Å². The van der Waals surface area contributed by atoms with E-state index in [1.54, 1.807) is 25.1 Å². The third-order valence-corrected chi connectivity index (χ3v) is 5.65. The largest absolute Gasteiger partial charge is 0.392 e. The maximum absolute atomic E-state index is 12.5. The SMILES string of the molecule is Cc1c(CO)cccc1S(=O)(=O)NCC(C(C)C)C(C)C. The number of nitrogens with one attached hydrogen (secondary N) is 1. The summed E-state index contributed by atoms with van der Waals surface area (Å²) in [5.41, 5.74) is 1.25. The molecule has 0 amide bonds. The van der Waals surface area contributed by atoms with Crippen LogP contribution in [0.2, 0.25) is 0 Å². The van der Waals surface area contributed by atoms with Crippen LogP contribution in [0.5, 0.6) is 0 Å². The molecule has 0 aliphatic heterocycles. The predicted molar refractivity (Wildman–Crippen MR) is 85.5 cm³/mol. The van der Waals surface area contributed by atoms with Crippen molar-refractivity contribution in [3.05, 3.63) is 29.3 Å². The summed E-state index contributed by atoms with van der Waals surface area (Å²) in [6.07, 6.45) is 0. The minimum atomic E-state index is -3.55. The van der Waals surface area contributed by atoms with Crippen LogP contribution < -0.4 is 4.72 Å². The molecule has 2 N–H and O–H groups in total. The Morgan fingerprint density at radius 3 is 2.19 bits per heavy atom. The van der Waals surface area contributed by atoms with E-state index in [0.717, 1.165) is 0 Å². The molecular weight excluding hydrogens is 286 g/mol. The fraction of sp³-hybridized carbons (Fsp3) is 0.625. The molecule has 1 rings (SSSR count). The van der Waals surface area contributed by atoms with Gasteiger partial charge in [0.2, 0.25) is 10.0 Å². The second kappa shape index (κ2) is 7.38. The second-order valence-electron chi connectivity index (χ2n) is 6.20. The average Bonchev–Trinajstić information content (AvgIpc) is 2.37. The molecule has 21 heavy (non-hydrogen) atoms. The van der Waals surface area contributed by atoms with E-state index in [4.69, 9.17) is 0 Å². The lowest BCUT2D eigenvalue weighted by Gasteiger charge is -2.25.